The van der Waals surface area contributed by atoms with E-state index in [0.717, 1.165) is 11.1 Å². The zero-order chi connectivity index (χ0) is 19.7. The van der Waals surface area contributed by atoms with Crippen LogP contribution in [0.5, 0.6) is 11.5 Å². The van der Waals surface area contributed by atoms with Crippen LogP contribution in [0.1, 0.15) is 15.9 Å². The number of aromatic nitrogens is 2. The molecule has 3 aromatic rings. The van der Waals surface area contributed by atoms with Crippen molar-refractivity contribution in [1.29, 1.82) is 0 Å². The van der Waals surface area contributed by atoms with Crippen LogP contribution in [0.2, 0.25) is 0 Å². The number of ether oxygens (including phenoxy) is 1. The summed E-state index contributed by atoms with van der Waals surface area (Å²) in [6, 6.07) is 10.2. The molecule has 0 radical (unpaired) electrons. The smallest absolute Gasteiger partial charge is 0.254 e. The largest absolute Gasteiger partial charge is 0.504 e. The van der Waals surface area contributed by atoms with Gasteiger partial charge in [0.1, 0.15) is 6.61 Å². The maximum atomic E-state index is 12.9. The molecule has 0 unspecified atom stereocenters. The summed E-state index contributed by atoms with van der Waals surface area (Å²) in [5, 5.41) is 10.4. The zero-order valence-electron chi connectivity index (χ0n) is 15.3. The molecule has 4 rings (SSSR count). The lowest BCUT2D eigenvalue weighted by atomic mass is 10.0. The van der Waals surface area contributed by atoms with Gasteiger partial charge in [0.15, 0.2) is 11.5 Å². The van der Waals surface area contributed by atoms with Gasteiger partial charge in [0.25, 0.3) is 11.5 Å². The third-order valence-electron chi connectivity index (χ3n) is 4.75. The Hall–Kier alpha value is -3.61. The van der Waals surface area contributed by atoms with Crippen LogP contribution in [0.4, 0.5) is 0 Å². The van der Waals surface area contributed by atoms with Gasteiger partial charge in [0, 0.05) is 54.9 Å². The Morgan fingerprint density at radius 2 is 2.07 bits per heavy atom. The van der Waals surface area contributed by atoms with Crippen LogP contribution in [-0.2, 0) is 13.6 Å². The summed E-state index contributed by atoms with van der Waals surface area (Å²) < 4.78 is 7.12. The number of fused-ring (bicyclic) bond motifs is 1. The van der Waals surface area contributed by atoms with Gasteiger partial charge in [-0.1, -0.05) is 6.07 Å². The van der Waals surface area contributed by atoms with Crippen LogP contribution in [0.3, 0.4) is 0 Å². The number of amides is 1. The first kappa shape index (κ1) is 17.8. The van der Waals surface area contributed by atoms with Gasteiger partial charge in [-0.05, 0) is 29.8 Å². The first-order chi connectivity index (χ1) is 13.5. The number of hydrogen-bond acceptors (Lipinski definition) is 5. The number of benzene rings is 1. The number of aryl methyl sites for hydroxylation is 1. The molecule has 0 bridgehead atoms. The highest BCUT2D eigenvalue weighted by Crippen LogP contribution is 2.37. The van der Waals surface area contributed by atoms with Gasteiger partial charge in [-0.2, -0.15) is 0 Å². The molecule has 7 heteroatoms. The highest BCUT2D eigenvalue weighted by atomic mass is 16.5. The van der Waals surface area contributed by atoms with Crippen molar-refractivity contribution in [3.05, 3.63) is 76.5 Å². The van der Waals surface area contributed by atoms with Crippen molar-refractivity contribution >= 4 is 5.91 Å². The third-order valence-corrected chi connectivity index (χ3v) is 4.75. The van der Waals surface area contributed by atoms with Gasteiger partial charge in [-0.25, -0.2) is 0 Å². The Labute approximate surface area is 161 Å². The van der Waals surface area contributed by atoms with Gasteiger partial charge in [0.2, 0.25) is 0 Å². The second-order valence-electron chi connectivity index (χ2n) is 6.67. The first-order valence-electron chi connectivity index (χ1n) is 8.88. The van der Waals surface area contributed by atoms with Crippen molar-refractivity contribution < 1.29 is 14.6 Å². The number of pyridine rings is 2. The molecule has 2 aromatic heterocycles. The minimum absolute atomic E-state index is 0.0271. The van der Waals surface area contributed by atoms with Crippen LogP contribution in [-0.4, -0.2) is 38.6 Å². The van der Waals surface area contributed by atoms with Gasteiger partial charge in [0.05, 0.1) is 6.54 Å². The quantitative estimate of drug-likeness (QED) is 0.740. The van der Waals surface area contributed by atoms with E-state index >= 15 is 0 Å². The summed E-state index contributed by atoms with van der Waals surface area (Å²) in [6.07, 6.45) is 4.96. The van der Waals surface area contributed by atoms with Crippen molar-refractivity contribution in [1.82, 2.24) is 14.5 Å². The van der Waals surface area contributed by atoms with Gasteiger partial charge >= 0.3 is 0 Å². The Kier molecular flexibility index (Phi) is 4.57. The zero-order valence-corrected chi connectivity index (χ0v) is 15.3. The van der Waals surface area contributed by atoms with Gasteiger partial charge in [-0.3, -0.25) is 14.6 Å². The second kappa shape index (κ2) is 7.19. The van der Waals surface area contributed by atoms with Crippen LogP contribution in [0.15, 0.2) is 59.8 Å². The SMILES string of the molecule is Cn1ccc(C(=O)N2CCOc3c(O)cc(-c4cccnc4)cc3C2)cc1=O. The maximum absolute atomic E-state index is 12.9. The van der Waals surface area contributed by atoms with Crippen molar-refractivity contribution in [2.45, 2.75) is 6.54 Å². The van der Waals surface area contributed by atoms with Crippen LogP contribution in [0, 0.1) is 0 Å². The molecule has 1 amide bonds. The normalized spacial score (nSPS) is 13.4. The predicted octanol–water partition coefficient (Wildman–Crippen LogP) is 2.19. The van der Waals surface area contributed by atoms with E-state index < -0.39 is 0 Å². The van der Waals surface area contributed by atoms with E-state index in [1.807, 2.05) is 18.2 Å². The van der Waals surface area contributed by atoms with E-state index in [1.54, 1.807) is 42.7 Å². The minimum atomic E-state index is -0.250. The van der Waals surface area contributed by atoms with E-state index in [-0.39, 0.29) is 30.4 Å². The lowest BCUT2D eigenvalue weighted by Gasteiger charge is -2.20. The first-order valence-corrected chi connectivity index (χ1v) is 8.88. The second-order valence-corrected chi connectivity index (χ2v) is 6.67. The lowest BCUT2D eigenvalue weighted by molar-refractivity contribution is 0.0733. The number of phenols is 1. The molecule has 1 N–H and O–H groups in total. The minimum Gasteiger partial charge on any atom is -0.504 e. The Morgan fingerprint density at radius 3 is 2.82 bits per heavy atom. The summed E-state index contributed by atoms with van der Waals surface area (Å²) in [5.74, 6) is 0.159. The molecule has 0 saturated carbocycles. The van der Waals surface area contributed by atoms with Crippen molar-refractivity contribution in [3.63, 3.8) is 0 Å². The highest BCUT2D eigenvalue weighted by molar-refractivity contribution is 5.94. The molecule has 0 fully saturated rings. The number of rotatable bonds is 2. The number of aromatic hydroxyl groups is 1. The van der Waals surface area contributed by atoms with E-state index in [9.17, 15) is 14.7 Å². The number of phenolic OH excluding ortho intramolecular Hbond substituents is 1. The predicted molar refractivity (Wildman–Crippen MR) is 103 cm³/mol. The molecule has 0 atom stereocenters. The average molecular weight is 377 g/mol. The molecular formula is C21H19N3O4. The number of hydrogen-bond donors (Lipinski definition) is 1. The summed E-state index contributed by atoms with van der Waals surface area (Å²) in [4.78, 5) is 30.5. The highest BCUT2D eigenvalue weighted by Gasteiger charge is 2.24. The standard InChI is InChI=1S/C21H19N3O4/c1-23-6-4-14(11-19(23)26)21(27)24-7-8-28-20-17(13-24)9-16(10-18(20)25)15-3-2-5-22-12-15/h2-6,9-12,25H,7-8,13H2,1H3. The molecule has 0 spiro atoms. The molecule has 3 heterocycles. The number of carbonyl (C=O) groups is 1. The van der Waals surface area contributed by atoms with Crippen molar-refractivity contribution in [3.8, 4) is 22.6 Å². The molecule has 1 aromatic carbocycles. The summed E-state index contributed by atoms with van der Waals surface area (Å²) in [6.45, 7) is 0.874. The van der Waals surface area contributed by atoms with Crippen molar-refractivity contribution in [2.75, 3.05) is 13.2 Å². The molecule has 1 aliphatic heterocycles. The Balaban J connectivity index is 1.69. The maximum Gasteiger partial charge on any atom is 0.254 e. The molecular weight excluding hydrogens is 358 g/mol. The summed E-state index contributed by atoms with van der Waals surface area (Å²) >= 11 is 0. The number of nitrogens with zero attached hydrogens (tertiary/aromatic N) is 3. The third kappa shape index (κ3) is 3.34. The Morgan fingerprint density at radius 1 is 1.21 bits per heavy atom. The summed E-state index contributed by atoms with van der Waals surface area (Å²) in [5.41, 5.74) is 2.44. The molecule has 1 aliphatic rings. The fourth-order valence-electron chi connectivity index (χ4n) is 3.24. The molecule has 7 nitrogen and oxygen atoms in total. The van der Waals surface area contributed by atoms with Crippen molar-refractivity contribution in [2.24, 2.45) is 7.05 Å². The average Bonchev–Trinajstić information content (AvgIpc) is 2.93. The molecule has 28 heavy (non-hydrogen) atoms. The molecule has 142 valence electrons. The summed E-state index contributed by atoms with van der Waals surface area (Å²) in [7, 11) is 1.63. The fraction of sp³-hybridized carbons (Fsp3) is 0.190. The van der Waals surface area contributed by atoms with E-state index in [2.05, 4.69) is 4.98 Å². The van der Waals surface area contributed by atoms with Crippen LogP contribution < -0.4 is 10.3 Å². The monoisotopic (exact) mass is 377 g/mol. The fourth-order valence-corrected chi connectivity index (χ4v) is 3.24. The van der Waals surface area contributed by atoms with Gasteiger partial charge < -0.3 is 19.3 Å². The number of carbonyl (C=O) groups excluding carboxylic acids is 1. The van der Waals surface area contributed by atoms with E-state index in [1.165, 1.54) is 10.6 Å². The topological polar surface area (TPSA) is 84.7 Å². The molecule has 0 saturated heterocycles. The Bertz CT molecular complexity index is 1090. The van der Waals surface area contributed by atoms with E-state index in [4.69, 9.17) is 4.74 Å². The van der Waals surface area contributed by atoms with Gasteiger partial charge in [-0.15, -0.1) is 0 Å². The van der Waals surface area contributed by atoms with Crippen LogP contribution >= 0.6 is 0 Å². The van der Waals surface area contributed by atoms with E-state index in [0.29, 0.717) is 23.4 Å². The van der Waals surface area contributed by atoms with Crippen LogP contribution in [0.25, 0.3) is 11.1 Å². The lowest BCUT2D eigenvalue weighted by Crippen LogP contribution is -2.33. The molecule has 0 aliphatic carbocycles.